The topological polar surface area (TPSA) is 97.1 Å². The molecule has 0 saturated heterocycles. The van der Waals surface area contributed by atoms with Crippen LogP contribution in [0.15, 0.2) is 59.9 Å². The number of hydrogen-bond donors (Lipinski definition) is 2. The number of hydrogen-bond acceptors (Lipinski definition) is 5. The van der Waals surface area contributed by atoms with Gasteiger partial charge in [0.2, 0.25) is 5.91 Å². The summed E-state index contributed by atoms with van der Waals surface area (Å²) in [7, 11) is 0. The molecule has 2 heterocycles. The number of carbonyl (C=O) groups excluding carboxylic acids is 1. The zero-order chi connectivity index (χ0) is 19.1. The Labute approximate surface area is 156 Å². The summed E-state index contributed by atoms with van der Waals surface area (Å²) < 4.78 is 1.21. The molecule has 0 fully saturated rings. The number of aryl methyl sites for hydroxylation is 1. The number of phenols is 1. The fourth-order valence-electron chi connectivity index (χ4n) is 2.65. The quantitative estimate of drug-likeness (QED) is 0.494. The molecular formula is C20H20N4O3. The second kappa shape index (κ2) is 8.75. The van der Waals surface area contributed by atoms with Crippen LogP contribution in [-0.4, -0.2) is 32.1 Å². The Bertz CT molecular complexity index is 1010. The van der Waals surface area contributed by atoms with E-state index in [1.54, 1.807) is 12.3 Å². The van der Waals surface area contributed by atoms with E-state index in [2.05, 4.69) is 15.3 Å². The molecule has 3 rings (SSSR count). The molecule has 0 atom stereocenters. The van der Waals surface area contributed by atoms with Crippen LogP contribution in [-0.2, 0) is 11.2 Å². The van der Waals surface area contributed by atoms with Gasteiger partial charge in [-0.3, -0.25) is 19.1 Å². The molecule has 2 N–H and O–H groups in total. The zero-order valence-electron chi connectivity index (χ0n) is 14.7. The fraction of sp³-hybridized carbons (Fsp3) is 0.200. The number of nitrogens with one attached hydrogen (secondary N) is 1. The zero-order valence-corrected chi connectivity index (χ0v) is 14.7. The van der Waals surface area contributed by atoms with E-state index in [4.69, 9.17) is 0 Å². The number of fused-ring (bicyclic) bond motifs is 1. The maximum absolute atomic E-state index is 12.4. The highest BCUT2D eigenvalue weighted by molar-refractivity contribution is 5.90. The minimum Gasteiger partial charge on any atom is -0.508 e. The van der Waals surface area contributed by atoms with Crippen LogP contribution in [0.1, 0.15) is 18.4 Å². The molecule has 0 aliphatic carbocycles. The van der Waals surface area contributed by atoms with Gasteiger partial charge in [-0.15, -0.1) is 0 Å². The lowest BCUT2D eigenvalue weighted by Gasteiger charge is -2.04. The number of nitrogens with zero attached hydrogens (tertiary/aromatic N) is 3. The van der Waals surface area contributed by atoms with Crippen LogP contribution in [0.5, 0.6) is 5.75 Å². The minimum absolute atomic E-state index is 0.00726. The number of amides is 1. The van der Waals surface area contributed by atoms with Crippen molar-refractivity contribution >= 4 is 23.0 Å². The van der Waals surface area contributed by atoms with Crippen LogP contribution in [0.3, 0.4) is 0 Å². The molecule has 0 spiro atoms. The van der Waals surface area contributed by atoms with Crippen molar-refractivity contribution in [2.24, 2.45) is 0 Å². The lowest BCUT2D eigenvalue weighted by molar-refractivity contribution is -0.116. The Morgan fingerprint density at radius 1 is 1.26 bits per heavy atom. The van der Waals surface area contributed by atoms with Crippen LogP contribution in [0.25, 0.3) is 17.1 Å². The molecule has 27 heavy (non-hydrogen) atoms. The monoisotopic (exact) mass is 364 g/mol. The Kier molecular flexibility index (Phi) is 5.94. The molecule has 0 bridgehead atoms. The maximum atomic E-state index is 12.4. The van der Waals surface area contributed by atoms with Gasteiger partial charge in [-0.25, -0.2) is 4.98 Å². The van der Waals surface area contributed by atoms with Crippen LogP contribution < -0.4 is 10.9 Å². The minimum atomic E-state index is -0.351. The van der Waals surface area contributed by atoms with E-state index in [1.807, 2.05) is 18.3 Å². The molecule has 1 aromatic carbocycles. The van der Waals surface area contributed by atoms with Crippen LogP contribution in [0.2, 0.25) is 0 Å². The molecule has 0 unspecified atom stereocenters. The SMILES string of the molecule is O=C(C=Cn1cnc2ccc(O)cc2c1=O)NCCCCc1cccnc1. The molecule has 7 heteroatoms. The number of rotatable bonds is 7. The normalized spacial score (nSPS) is 11.1. The van der Waals surface area contributed by atoms with Gasteiger partial charge in [0.05, 0.1) is 10.9 Å². The third-order valence-corrected chi connectivity index (χ3v) is 4.07. The summed E-state index contributed by atoms with van der Waals surface area (Å²) in [6, 6.07) is 8.34. The fourth-order valence-corrected chi connectivity index (χ4v) is 2.65. The lowest BCUT2D eigenvalue weighted by atomic mass is 10.1. The van der Waals surface area contributed by atoms with Gasteiger partial charge in [0, 0.05) is 31.2 Å². The van der Waals surface area contributed by atoms with Crippen LogP contribution in [0, 0.1) is 0 Å². The van der Waals surface area contributed by atoms with Crippen molar-refractivity contribution in [1.82, 2.24) is 19.9 Å². The Morgan fingerprint density at radius 3 is 2.96 bits per heavy atom. The highest BCUT2D eigenvalue weighted by atomic mass is 16.3. The number of unbranched alkanes of at least 4 members (excludes halogenated alkanes) is 1. The summed E-state index contributed by atoms with van der Waals surface area (Å²) in [6.07, 6.45) is 10.3. The highest BCUT2D eigenvalue weighted by Crippen LogP contribution is 2.14. The van der Waals surface area contributed by atoms with Crippen molar-refractivity contribution in [3.63, 3.8) is 0 Å². The van der Waals surface area contributed by atoms with Crippen molar-refractivity contribution in [2.75, 3.05) is 6.54 Å². The van der Waals surface area contributed by atoms with E-state index in [1.165, 1.54) is 40.9 Å². The van der Waals surface area contributed by atoms with Crippen LogP contribution >= 0.6 is 0 Å². The van der Waals surface area contributed by atoms with E-state index in [0.29, 0.717) is 12.1 Å². The predicted octanol–water partition coefficient (Wildman–Crippen LogP) is 2.11. The summed E-state index contributed by atoms with van der Waals surface area (Å²) in [5.41, 5.74) is 1.31. The summed E-state index contributed by atoms with van der Waals surface area (Å²) in [5.74, 6) is -0.286. The van der Waals surface area contributed by atoms with Crippen molar-refractivity contribution < 1.29 is 9.90 Å². The van der Waals surface area contributed by atoms with Crippen molar-refractivity contribution in [3.8, 4) is 5.75 Å². The van der Waals surface area contributed by atoms with Gasteiger partial charge in [-0.2, -0.15) is 0 Å². The van der Waals surface area contributed by atoms with E-state index < -0.39 is 0 Å². The molecule has 0 saturated carbocycles. The summed E-state index contributed by atoms with van der Waals surface area (Å²) in [4.78, 5) is 32.5. The van der Waals surface area contributed by atoms with Crippen molar-refractivity contribution in [1.29, 1.82) is 0 Å². The molecule has 3 aromatic rings. The number of aromatic nitrogens is 3. The van der Waals surface area contributed by atoms with Crippen molar-refractivity contribution in [2.45, 2.75) is 19.3 Å². The van der Waals surface area contributed by atoms with Gasteiger partial charge in [-0.1, -0.05) is 6.07 Å². The van der Waals surface area contributed by atoms with E-state index in [9.17, 15) is 14.7 Å². The third-order valence-electron chi connectivity index (χ3n) is 4.07. The first-order valence-electron chi connectivity index (χ1n) is 8.68. The second-order valence-electron chi connectivity index (χ2n) is 6.08. The summed E-state index contributed by atoms with van der Waals surface area (Å²) in [6.45, 7) is 0.558. The number of benzene rings is 1. The van der Waals surface area contributed by atoms with Gasteiger partial charge in [0.15, 0.2) is 0 Å². The molecule has 0 aliphatic rings. The molecule has 1 amide bonds. The molecule has 2 aromatic heterocycles. The largest absolute Gasteiger partial charge is 0.508 e. The number of carbonyl (C=O) groups is 1. The first-order valence-corrected chi connectivity index (χ1v) is 8.68. The first-order chi connectivity index (χ1) is 13.1. The highest BCUT2D eigenvalue weighted by Gasteiger charge is 2.04. The third kappa shape index (κ3) is 5.01. The standard InChI is InChI=1S/C20H20N4O3/c25-16-6-7-18-17(12-16)20(27)24(14-23-18)11-8-19(26)22-10-2-1-4-15-5-3-9-21-13-15/h3,5-9,11-14,25H,1-2,4,10H2,(H,22,26). The molecule has 7 nitrogen and oxygen atoms in total. The van der Waals surface area contributed by atoms with Crippen LogP contribution in [0.4, 0.5) is 0 Å². The number of aromatic hydroxyl groups is 1. The van der Waals surface area contributed by atoms with E-state index in [-0.39, 0.29) is 22.6 Å². The second-order valence-corrected chi connectivity index (χ2v) is 6.08. The van der Waals surface area contributed by atoms with Gasteiger partial charge in [-0.05, 0) is 49.1 Å². The lowest BCUT2D eigenvalue weighted by Crippen LogP contribution is -2.23. The van der Waals surface area contributed by atoms with Gasteiger partial charge in [0.25, 0.3) is 5.56 Å². The number of phenolic OH excluding ortho intramolecular Hbond substituents is 1. The maximum Gasteiger partial charge on any atom is 0.265 e. The molecule has 138 valence electrons. The Balaban J connectivity index is 1.50. The first kappa shape index (κ1) is 18.3. The van der Waals surface area contributed by atoms with Crippen molar-refractivity contribution in [3.05, 3.63) is 71.0 Å². The Morgan fingerprint density at radius 2 is 2.15 bits per heavy atom. The van der Waals surface area contributed by atoms with E-state index in [0.717, 1.165) is 19.3 Å². The van der Waals surface area contributed by atoms with Gasteiger partial charge < -0.3 is 10.4 Å². The average molecular weight is 364 g/mol. The smallest absolute Gasteiger partial charge is 0.265 e. The molecule has 0 radical (unpaired) electrons. The average Bonchev–Trinajstić information content (AvgIpc) is 2.68. The van der Waals surface area contributed by atoms with Gasteiger partial charge in [0.1, 0.15) is 12.1 Å². The molecular weight excluding hydrogens is 344 g/mol. The molecule has 0 aliphatic heterocycles. The predicted molar refractivity (Wildman–Crippen MR) is 103 cm³/mol. The summed E-state index contributed by atoms with van der Waals surface area (Å²) >= 11 is 0. The van der Waals surface area contributed by atoms with E-state index >= 15 is 0 Å². The van der Waals surface area contributed by atoms with Gasteiger partial charge >= 0.3 is 0 Å². The summed E-state index contributed by atoms with van der Waals surface area (Å²) in [5, 5.41) is 12.6. The Hall–Kier alpha value is -3.48. The number of pyridine rings is 1.